The van der Waals surface area contributed by atoms with Gasteiger partial charge in [-0.1, -0.05) is 18.2 Å². The normalized spacial score (nSPS) is 18.4. The van der Waals surface area contributed by atoms with Crippen LogP contribution in [-0.4, -0.2) is 50.3 Å². The number of rotatable bonds is 7. The highest BCUT2D eigenvalue weighted by molar-refractivity contribution is 5.85. The summed E-state index contributed by atoms with van der Waals surface area (Å²) in [7, 11) is 3.28. The zero-order valence-corrected chi connectivity index (χ0v) is 14.7. The molecule has 0 spiro atoms. The van der Waals surface area contributed by atoms with Crippen molar-refractivity contribution in [1.29, 1.82) is 0 Å². The van der Waals surface area contributed by atoms with Crippen LogP contribution in [0.2, 0.25) is 0 Å². The highest BCUT2D eigenvalue weighted by atomic mass is 35.5. The van der Waals surface area contributed by atoms with E-state index < -0.39 is 0 Å². The molecule has 130 valence electrons. The van der Waals surface area contributed by atoms with E-state index >= 15 is 0 Å². The summed E-state index contributed by atoms with van der Waals surface area (Å²) < 4.78 is 10.6. The van der Waals surface area contributed by atoms with Crippen molar-refractivity contribution in [3.63, 3.8) is 0 Å². The summed E-state index contributed by atoms with van der Waals surface area (Å²) in [6, 6.07) is 8.24. The lowest BCUT2D eigenvalue weighted by molar-refractivity contribution is -0.134. The first-order valence-electron chi connectivity index (χ1n) is 7.83. The van der Waals surface area contributed by atoms with E-state index in [4.69, 9.17) is 15.2 Å². The maximum Gasteiger partial charge on any atom is 0.225 e. The van der Waals surface area contributed by atoms with Gasteiger partial charge in [-0.3, -0.25) is 4.79 Å². The second kappa shape index (κ2) is 9.75. The van der Waals surface area contributed by atoms with Gasteiger partial charge in [0.05, 0.1) is 19.6 Å². The zero-order valence-electron chi connectivity index (χ0n) is 13.9. The third kappa shape index (κ3) is 5.09. The molecule has 0 bridgehead atoms. The van der Waals surface area contributed by atoms with Crippen LogP contribution in [0, 0.1) is 0 Å². The number of likely N-dealkylation sites (tertiary alicyclic amines) is 1. The van der Waals surface area contributed by atoms with Gasteiger partial charge in [-0.25, -0.2) is 0 Å². The van der Waals surface area contributed by atoms with Crippen molar-refractivity contribution >= 4 is 18.3 Å². The fraction of sp³-hybridized carbons (Fsp3) is 0.588. The summed E-state index contributed by atoms with van der Waals surface area (Å²) in [5.41, 5.74) is 6.76. The first kappa shape index (κ1) is 19.7. The number of hydrogen-bond acceptors (Lipinski definition) is 4. The summed E-state index contributed by atoms with van der Waals surface area (Å²) in [6.45, 7) is 1.19. The van der Waals surface area contributed by atoms with Crippen molar-refractivity contribution in [2.75, 3.05) is 27.3 Å². The van der Waals surface area contributed by atoms with Gasteiger partial charge in [0.2, 0.25) is 5.91 Å². The van der Waals surface area contributed by atoms with E-state index in [1.165, 1.54) is 0 Å². The van der Waals surface area contributed by atoms with E-state index in [1.54, 1.807) is 14.2 Å². The number of benzene rings is 1. The molecule has 0 aliphatic carbocycles. The Morgan fingerprint density at radius 3 is 2.78 bits per heavy atom. The van der Waals surface area contributed by atoms with Crippen molar-refractivity contribution in [3.05, 3.63) is 29.8 Å². The Kier molecular flexibility index (Phi) is 8.37. The first-order valence-corrected chi connectivity index (χ1v) is 7.83. The van der Waals surface area contributed by atoms with Crippen molar-refractivity contribution in [2.45, 2.75) is 37.8 Å². The van der Waals surface area contributed by atoms with Gasteiger partial charge in [-0.15, -0.1) is 12.4 Å². The minimum Gasteiger partial charge on any atom is -0.496 e. The van der Waals surface area contributed by atoms with Crippen LogP contribution in [0.15, 0.2) is 24.3 Å². The third-order valence-corrected chi connectivity index (χ3v) is 4.34. The number of hydrogen-bond donors (Lipinski definition) is 1. The van der Waals surface area contributed by atoms with E-state index in [1.807, 2.05) is 23.1 Å². The molecule has 1 aromatic rings. The number of para-hydroxylation sites is 1. The minimum atomic E-state index is -0.194. The SMILES string of the molecule is COc1ccccc1CC1CCCN1C(=O)CC(CN)OC.Cl. The van der Waals surface area contributed by atoms with Crippen molar-refractivity contribution in [2.24, 2.45) is 5.73 Å². The monoisotopic (exact) mass is 342 g/mol. The Morgan fingerprint density at radius 2 is 2.13 bits per heavy atom. The van der Waals surface area contributed by atoms with Crippen molar-refractivity contribution < 1.29 is 14.3 Å². The molecule has 6 heteroatoms. The molecule has 0 aromatic heterocycles. The van der Waals surface area contributed by atoms with Gasteiger partial charge in [-0.2, -0.15) is 0 Å². The van der Waals surface area contributed by atoms with Crippen LogP contribution in [0.5, 0.6) is 5.75 Å². The Hall–Kier alpha value is -1.30. The molecular formula is C17H27ClN2O3. The number of nitrogens with zero attached hydrogens (tertiary/aromatic N) is 1. The first-order chi connectivity index (χ1) is 10.7. The van der Waals surface area contributed by atoms with Crippen LogP contribution in [0.25, 0.3) is 0 Å². The molecule has 1 aromatic carbocycles. The van der Waals surface area contributed by atoms with Crippen LogP contribution in [0.3, 0.4) is 0 Å². The van der Waals surface area contributed by atoms with E-state index in [-0.39, 0.29) is 30.5 Å². The van der Waals surface area contributed by atoms with Gasteiger partial charge in [0.15, 0.2) is 0 Å². The number of ether oxygens (including phenoxy) is 2. The summed E-state index contributed by atoms with van der Waals surface area (Å²) in [6.07, 6.45) is 3.07. The number of carbonyl (C=O) groups is 1. The molecule has 0 radical (unpaired) electrons. The topological polar surface area (TPSA) is 64.8 Å². The number of amides is 1. The molecule has 23 heavy (non-hydrogen) atoms. The van der Waals surface area contributed by atoms with Gasteiger partial charge < -0.3 is 20.1 Å². The maximum atomic E-state index is 12.5. The molecule has 1 fully saturated rings. The summed E-state index contributed by atoms with van der Waals surface area (Å²) in [4.78, 5) is 14.5. The third-order valence-electron chi connectivity index (χ3n) is 4.34. The van der Waals surface area contributed by atoms with Gasteiger partial charge in [0, 0.05) is 26.2 Å². The van der Waals surface area contributed by atoms with Crippen LogP contribution in [0.4, 0.5) is 0 Å². The maximum absolute atomic E-state index is 12.5. The second-order valence-corrected chi connectivity index (χ2v) is 5.70. The highest BCUT2D eigenvalue weighted by Gasteiger charge is 2.30. The smallest absolute Gasteiger partial charge is 0.225 e. The Morgan fingerprint density at radius 1 is 1.39 bits per heavy atom. The number of halogens is 1. The van der Waals surface area contributed by atoms with E-state index in [0.717, 1.165) is 37.1 Å². The largest absolute Gasteiger partial charge is 0.496 e. The van der Waals surface area contributed by atoms with Crippen LogP contribution >= 0.6 is 12.4 Å². The minimum absolute atomic E-state index is 0. The number of methoxy groups -OCH3 is 2. The Balaban J connectivity index is 0.00000264. The van der Waals surface area contributed by atoms with Gasteiger partial charge >= 0.3 is 0 Å². The van der Waals surface area contributed by atoms with Crippen LogP contribution in [-0.2, 0) is 16.0 Å². The molecule has 1 saturated heterocycles. The molecule has 1 aliphatic heterocycles. The highest BCUT2D eigenvalue weighted by Crippen LogP contribution is 2.26. The van der Waals surface area contributed by atoms with Gasteiger partial charge in [-0.05, 0) is 30.9 Å². The van der Waals surface area contributed by atoms with Gasteiger partial charge in [0.1, 0.15) is 5.75 Å². The molecule has 2 N–H and O–H groups in total. The number of carbonyl (C=O) groups excluding carboxylic acids is 1. The summed E-state index contributed by atoms with van der Waals surface area (Å²) in [5.74, 6) is 1.02. The van der Waals surface area contributed by atoms with Crippen molar-refractivity contribution in [1.82, 2.24) is 4.90 Å². The Bertz CT molecular complexity index is 494. The zero-order chi connectivity index (χ0) is 15.9. The number of nitrogens with two attached hydrogens (primary N) is 1. The van der Waals surface area contributed by atoms with Crippen LogP contribution < -0.4 is 10.5 Å². The van der Waals surface area contributed by atoms with Crippen molar-refractivity contribution in [3.8, 4) is 5.75 Å². The lowest BCUT2D eigenvalue weighted by Gasteiger charge is -2.27. The Labute approximate surface area is 144 Å². The standard InChI is InChI=1S/C17H26N2O3.ClH/c1-21-15(12-18)11-17(20)19-9-5-7-14(19)10-13-6-3-4-8-16(13)22-2;/h3-4,6,8,14-15H,5,7,9-12,18H2,1-2H3;1H. The summed E-state index contributed by atoms with van der Waals surface area (Å²) >= 11 is 0. The van der Waals surface area contributed by atoms with E-state index in [2.05, 4.69) is 6.07 Å². The molecule has 2 rings (SSSR count). The lowest BCUT2D eigenvalue weighted by Crippen LogP contribution is -2.40. The molecular weight excluding hydrogens is 316 g/mol. The summed E-state index contributed by atoms with van der Waals surface area (Å²) in [5, 5.41) is 0. The molecule has 2 atom stereocenters. The molecule has 1 aliphatic rings. The second-order valence-electron chi connectivity index (χ2n) is 5.70. The molecule has 2 unspecified atom stereocenters. The molecule has 5 nitrogen and oxygen atoms in total. The van der Waals surface area contributed by atoms with E-state index in [9.17, 15) is 4.79 Å². The molecule has 1 amide bonds. The quantitative estimate of drug-likeness (QED) is 0.823. The van der Waals surface area contributed by atoms with Gasteiger partial charge in [0.25, 0.3) is 0 Å². The predicted octanol–water partition coefficient (Wildman–Crippen LogP) is 2.01. The average Bonchev–Trinajstić information content (AvgIpc) is 3.01. The fourth-order valence-corrected chi connectivity index (χ4v) is 3.08. The molecule has 0 saturated carbocycles. The predicted molar refractivity (Wildman–Crippen MR) is 93.1 cm³/mol. The van der Waals surface area contributed by atoms with E-state index in [0.29, 0.717) is 13.0 Å². The molecule has 1 heterocycles. The fourth-order valence-electron chi connectivity index (χ4n) is 3.08. The lowest BCUT2D eigenvalue weighted by atomic mass is 10.0. The van der Waals surface area contributed by atoms with Crippen LogP contribution in [0.1, 0.15) is 24.8 Å². The average molecular weight is 343 g/mol.